The van der Waals surface area contributed by atoms with Crippen molar-refractivity contribution in [1.82, 2.24) is 0 Å². The van der Waals surface area contributed by atoms with E-state index in [4.69, 9.17) is 0 Å². The number of carbonyl (C=O) groups excluding carboxylic acids is 1. The van der Waals surface area contributed by atoms with Gasteiger partial charge in [0, 0.05) is 34.4 Å². The Morgan fingerprint density at radius 2 is 1.85 bits per heavy atom. The Labute approximate surface area is 135 Å². The van der Waals surface area contributed by atoms with E-state index < -0.39 is 0 Å². The number of nitrogens with one attached hydrogen (secondary N) is 1. The first-order chi connectivity index (χ1) is 9.47. The molecule has 0 bridgehead atoms. The van der Waals surface area contributed by atoms with Crippen molar-refractivity contribution in [3.63, 3.8) is 0 Å². The fourth-order valence-corrected chi connectivity index (χ4v) is 2.96. The van der Waals surface area contributed by atoms with E-state index in [2.05, 4.69) is 37.2 Å². The van der Waals surface area contributed by atoms with E-state index in [0.717, 1.165) is 20.3 Å². The molecule has 0 saturated heterocycles. The first kappa shape index (κ1) is 15.1. The fraction of sp³-hybridized carbons (Fsp3) is 0.133. The molecule has 0 aliphatic rings. The minimum Gasteiger partial charge on any atom is -0.378 e. The molecule has 0 spiro atoms. The summed E-state index contributed by atoms with van der Waals surface area (Å²) in [6.45, 7) is 0. The third-order valence-corrected chi connectivity index (χ3v) is 3.95. The molecule has 0 unspecified atom stereocenters. The summed E-state index contributed by atoms with van der Waals surface area (Å²) in [7, 11) is 3.93. The highest BCUT2D eigenvalue weighted by atomic mass is 79.9. The van der Waals surface area contributed by atoms with Gasteiger partial charge < -0.3 is 10.2 Å². The third kappa shape index (κ3) is 3.61. The zero-order chi connectivity index (χ0) is 14.7. The molecule has 20 heavy (non-hydrogen) atoms. The molecule has 1 amide bonds. The van der Waals surface area contributed by atoms with Gasteiger partial charge in [0.1, 0.15) is 0 Å². The van der Waals surface area contributed by atoms with Crippen molar-refractivity contribution < 1.29 is 4.79 Å². The van der Waals surface area contributed by atoms with E-state index >= 15 is 0 Å². The van der Waals surface area contributed by atoms with Crippen molar-refractivity contribution in [2.75, 3.05) is 24.3 Å². The predicted octanol–water partition coefficient (Wildman–Crippen LogP) is 4.53. The quantitative estimate of drug-likeness (QED) is 0.825. The Kier molecular flexibility index (Phi) is 4.83. The van der Waals surface area contributed by atoms with Crippen LogP contribution >= 0.6 is 31.9 Å². The molecular formula is C15H14Br2N2O. The van der Waals surface area contributed by atoms with Gasteiger partial charge in [0.15, 0.2) is 0 Å². The number of hydrogen-bond donors (Lipinski definition) is 1. The van der Waals surface area contributed by atoms with Crippen LogP contribution in [0, 0.1) is 0 Å². The molecule has 2 rings (SSSR count). The van der Waals surface area contributed by atoms with Crippen LogP contribution < -0.4 is 10.2 Å². The van der Waals surface area contributed by atoms with Gasteiger partial charge in [-0.05, 0) is 52.3 Å². The predicted molar refractivity (Wildman–Crippen MR) is 90.6 cm³/mol. The van der Waals surface area contributed by atoms with E-state index in [1.807, 2.05) is 55.4 Å². The maximum Gasteiger partial charge on any atom is 0.256 e. The molecule has 0 aliphatic heterocycles. The van der Waals surface area contributed by atoms with Crippen LogP contribution in [0.3, 0.4) is 0 Å². The van der Waals surface area contributed by atoms with Crippen molar-refractivity contribution in [2.24, 2.45) is 0 Å². The summed E-state index contributed by atoms with van der Waals surface area (Å²) < 4.78 is 1.68. The number of anilines is 2. The fourth-order valence-electron chi connectivity index (χ4n) is 1.73. The molecule has 1 N–H and O–H groups in total. The van der Waals surface area contributed by atoms with Crippen LogP contribution in [-0.4, -0.2) is 20.0 Å². The monoisotopic (exact) mass is 396 g/mol. The van der Waals surface area contributed by atoms with Crippen LogP contribution in [0.4, 0.5) is 11.4 Å². The lowest BCUT2D eigenvalue weighted by molar-refractivity contribution is 0.102. The first-order valence-corrected chi connectivity index (χ1v) is 7.60. The summed E-state index contributed by atoms with van der Waals surface area (Å²) in [4.78, 5) is 14.2. The summed E-state index contributed by atoms with van der Waals surface area (Å²) >= 11 is 6.77. The van der Waals surface area contributed by atoms with Crippen LogP contribution in [0.5, 0.6) is 0 Å². The van der Waals surface area contributed by atoms with Gasteiger partial charge >= 0.3 is 0 Å². The molecule has 5 heteroatoms. The number of rotatable bonds is 3. The van der Waals surface area contributed by atoms with Crippen LogP contribution in [-0.2, 0) is 0 Å². The zero-order valence-electron chi connectivity index (χ0n) is 11.2. The highest BCUT2D eigenvalue weighted by molar-refractivity contribution is 9.11. The molecule has 3 nitrogen and oxygen atoms in total. The summed E-state index contributed by atoms with van der Waals surface area (Å²) in [6, 6.07) is 13.2. The number of hydrogen-bond acceptors (Lipinski definition) is 2. The molecule has 0 atom stereocenters. The van der Waals surface area contributed by atoms with Crippen molar-refractivity contribution in [3.05, 3.63) is 57.0 Å². The summed E-state index contributed by atoms with van der Waals surface area (Å²) in [5, 5.41) is 2.90. The molecule has 2 aromatic rings. The summed E-state index contributed by atoms with van der Waals surface area (Å²) in [5.74, 6) is -0.139. The number of carbonyl (C=O) groups is 1. The average Bonchev–Trinajstić information content (AvgIpc) is 2.38. The summed E-state index contributed by atoms with van der Waals surface area (Å²) in [5.41, 5.74) is 2.41. The maximum atomic E-state index is 12.3. The Morgan fingerprint density at radius 3 is 2.50 bits per heavy atom. The Balaban J connectivity index is 2.21. The largest absolute Gasteiger partial charge is 0.378 e. The van der Waals surface area contributed by atoms with E-state index in [0.29, 0.717) is 5.56 Å². The lowest BCUT2D eigenvalue weighted by Gasteiger charge is -2.14. The minimum atomic E-state index is -0.139. The van der Waals surface area contributed by atoms with Crippen LogP contribution in [0.2, 0.25) is 0 Å². The molecule has 0 aliphatic carbocycles. The lowest BCUT2D eigenvalue weighted by atomic mass is 10.2. The first-order valence-electron chi connectivity index (χ1n) is 6.01. The Morgan fingerprint density at radius 1 is 1.10 bits per heavy atom. The topological polar surface area (TPSA) is 32.3 Å². The van der Waals surface area contributed by atoms with Gasteiger partial charge in [-0.2, -0.15) is 0 Å². The number of halogens is 2. The SMILES string of the molecule is CN(C)c1cccc(NC(=O)c2ccc(Br)cc2Br)c1. The van der Waals surface area contributed by atoms with E-state index in [1.165, 1.54) is 0 Å². The van der Waals surface area contributed by atoms with Gasteiger partial charge in [-0.15, -0.1) is 0 Å². The normalized spacial score (nSPS) is 10.2. The molecule has 0 fully saturated rings. The zero-order valence-corrected chi connectivity index (χ0v) is 14.3. The standard InChI is InChI=1S/C15H14Br2N2O/c1-19(2)12-5-3-4-11(9-12)18-15(20)13-7-6-10(16)8-14(13)17/h3-9H,1-2H3,(H,18,20). The maximum absolute atomic E-state index is 12.3. The molecule has 0 aromatic heterocycles. The number of nitrogens with zero attached hydrogens (tertiary/aromatic N) is 1. The molecule has 104 valence electrons. The summed E-state index contributed by atoms with van der Waals surface area (Å²) in [6.07, 6.45) is 0. The van der Waals surface area contributed by atoms with Crippen LogP contribution in [0.1, 0.15) is 10.4 Å². The Bertz CT molecular complexity index is 642. The molecule has 0 heterocycles. The second-order valence-corrected chi connectivity index (χ2v) is 6.29. The van der Waals surface area contributed by atoms with Crippen molar-refractivity contribution >= 4 is 49.1 Å². The van der Waals surface area contributed by atoms with E-state index in [-0.39, 0.29) is 5.91 Å². The Hall–Kier alpha value is -1.33. The van der Waals surface area contributed by atoms with Gasteiger partial charge in [0.05, 0.1) is 5.56 Å². The van der Waals surface area contributed by atoms with Crippen LogP contribution in [0.15, 0.2) is 51.4 Å². The van der Waals surface area contributed by atoms with Gasteiger partial charge in [0.25, 0.3) is 5.91 Å². The van der Waals surface area contributed by atoms with Crippen LogP contribution in [0.25, 0.3) is 0 Å². The molecule has 0 radical (unpaired) electrons. The number of benzene rings is 2. The minimum absolute atomic E-state index is 0.139. The second-order valence-electron chi connectivity index (χ2n) is 4.52. The highest BCUT2D eigenvalue weighted by Crippen LogP contribution is 2.24. The van der Waals surface area contributed by atoms with Gasteiger partial charge in [-0.25, -0.2) is 0 Å². The lowest BCUT2D eigenvalue weighted by Crippen LogP contribution is -2.14. The molecule has 0 saturated carbocycles. The smallest absolute Gasteiger partial charge is 0.256 e. The van der Waals surface area contributed by atoms with Crippen molar-refractivity contribution in [1.29, 1.82) is 0 Å². The van der Waals surface area contributed by atoms with Gasteiger partial charge in [-0.1, -0.05) is 22.0 Å². The van der Waals surface area contributed by atoms with Crippen molar-refractivity contribution in [3.8, 4) is 0 Å². The van der Waals surface area contributed by atoms with Gasteiger partial charge in [-0.3, -0.25) is 4.79 Å². The third-order valence-electron chi connectivity index (χ3n) is 2.80. The highest BCUT2D eigenvalue weighted by Gasteiger charge is 2.10. The van der Waals surface area contributed by atoms with E-state index in [1.54, 1.807) is 6.07 Å². The van der Waals surface area contributed by atoms with Crippen molar-refractivity contribution in [2.45, 2.75) is 0 Å². The number of amides is 1. The molecular weight excluding hydrogens is 384 g/mol. The van der Waals surface area contributed by atoms with Gasteiger partial charge in [0.2, 0.25) is 0 Å². The second kappa shape index (κ2) is 6.41. The van der Waals surface area contributed by atoms with E-state index in [9.17, 15) is 4.79 Å². The average molecular weight is 398 g/mol. The molecule has 2 aromatic carbocycles.